The maximum Gasteiger partial charge on any atom is 0.290 e. The van der Waals surface area contributed by atoms with Gasteiger partial charge in [0.05, 0.1) is 24.9 Å². The summed E-state index contributed by atoms with van der Waals surface area (Å²) in [5, 5.41) is 7.66. The van der Waals surface area contributed by atoms with Crippen LogP contribution < -0.4 is 10.1 Å². The first-order valence-electron chi connectivity index (χ1n) is 11.5. The van der Waals surface area contributed by atoms with Gasteiger partial charge in [-0.25, -0.2) is 4.98 Å². The summed E-state index contributed by atoms with van der Waals surface area (Å²) in [6.45, 7) is 1.65. The quantitative estimate of drug-likeness (QED) is 0.559. The fourth-order valence-corrected chi connectivity index (χ4v) is 4.64. The van der Waals surface area contributed by atoms with Gasteiger partial charge in [0.2, 0.25) is 5.78 Å². The predicted molar refractivity (Wildman–Crippen MR) is 128 cm³/mol. The highest BCUT2D eigenvalue weighted by Gasteiger charge is 2.40. The van der Waals surface area contributed by atoms with Crippen molar-refractivity contribution in [1.82, 2.24) is 24.6 Å². The molecule has 2 aliphatic rings. The van der Waals surface area contributed by atoms with Crippen LogP contribution in [0.2, 0.25) is 0 Å². The van der Waals surface area contributed by atoms with Crippen LogP contribution in [0, 0.1) is 0 Å². The van der Waals surface area contributed by atoms with Gasteiger partial charge in [0, 0.05) is 57.1 Å². The molecule has 2 aliphatic heterocycles. The second-order valence-electron chi connectivity index (χ2n) is 8.59. The number of piperazine rings is 1. The van der Waals surface area contributed by atoms with Gasteiger partial charge >= 0.3 is 0 Å². The lowest BCUT2D eigenvalue weighted by molar-refractivity contribution is -0.146. The summed E-state index contributed by atoms with van der Waals surface area (Å²) in [5.74, 6) is -1.36. The first-order chi connectivity index (χ1) is 17.0. The number of ether oxygens (including phenoxy) is 1. The van der Waals surface area contributed by atoms with Crippen molar-refractivity contribution < 1.29 is 19.1 Å². The van der Waals surface area contributed by atoms with E-state index in [2.05, 4.69) is 15.4 Å². The molecule has 1 atom stereocenters. The predicted octanol–water partition coefficient (Wildman–Crippen LogP) is 1.55. The fraction of sp³-hybridized carbons (Fsp3) is 0.320. The Morgan fingerprint density at radius 1 is 1.03 bits per heavy atom. The molecule has 0 saturated carbocycles. The Bertz CT molecular complexity index is 1280. The monoisotopic (exact) mass is 474 g/mol. The smallest absolute Gasteiger partial charge is 0.290 e. The fourth-order valence-electron chi connectivity index (χ4n) is 4.64. The van der Waals surface area contributed by atoms with Crippen LogP contribution in [-0.4, -0.2) is 82.0 Å². The van der Waals surface area contributed by atoms with E-state index < -0.39 is 17.6 Å². The van der Waals surface area contributed by atoms with Crippen LogP contribution in [0.5, 0.6) is 5.75 Å². The first-order valence-corrected chi connectivity index (χ1v) is 11.5. The van der Waals surface area contributed by atoms with Gasteiger partial charge in [0.25, 0.3) is 11.8 Å². The van der Waals surface area contributed by atoms with Crippen molar-refractivity contribution in [2.24, 2.45) is 7.05 Å². The highest BCUT2D eigenvalue weighted by Crippen LogP contribution is 2.43. The first kappa shape index (κ1) is 22.6. The van der Waals surface area contributed by atoms with Crippen LogP contribution in [-0.2, 0) is 16.6 Å². The van der Waals surface area contributed by atoms with Crippen molar-refractivity contribution in [3.05, 3.63) is 59.9 Å². The molecule has 1 N–H and O–H groups in total. The third kappa shape index (κ3) is 4.11. The van der Waals surface area contributed by atoms with E-state index in [1.165, 1.54) is 12.0 Å². The molecular weight excluding hydrogens is 448 g/mol. The number of amides is 2. The zero-order valence-corrected chi connectivity index (χ0v) is 19.6. The number of hydrogen-bond donors (Lipinski definition) is 1. The summed E-state index contributed by atoms with van der Waals surface area (Å²) < 4.78 is 7.17. The Hall–Kier alpha value is -4.21. The lowest BCUT2D eigenvalue weighted by Gasteiger charge is -2.34. The lowest BCUT2D eigenvalue weighted by atomic mass is 9.94. The number of anilines is 1. The van der Waals surface area contributed by atoms with Crippen LogP contribution in [0.4, 0.5) is 5.69 Å². The lowest BCUT2D eigenvalue weighted by Crippen LogP contribution is -2.52. The molecule has 35 heavy (non-hydrogen) atoms. The molecule has 3 aromatic rings. The molecule has 1 unspecified atom stereocenters. The molecule has 4 heterocycles. The van der Waals surface area contributed by atoms with Crippen molar-refractivity contribution in [1.29, 1.82) is 0 Å². The van der Waals surface area contributed by atoms with Gasteiger partial charge in [-0.1, -0.05) is 18.2 Å². The van der Waals surface area contributed by atoms with Crippen molar-refractivity contribution in [2.75, 3.05) is 45.2 Å². The average Bonchev–Trinajstić information content (AvgIpc) is 3.54. The Morgan fingerprint density at radius 3 is 2.40 bits per heavy atom. The SMILES string of the molecule is COc1cnc(-c2ccn(C)n2)c2c1C(C(=O)C(=O)N1CCN(C(=O)c3ccccc3)CC1)CN2. The van der Waals surface area contributed by atoms with Gasteiger partial charge in [-0.3, -0.25) is 19.1 Å². The zero-order chi connectivity index (χ0) is 24.5. The minimum absolute atomic E-state index is 0.0720. The van der Waals surface area contributed by atoms with Gasteiger partial charge in [-0.05, 0) is 18.2 Å². The number of nitrogens with one attached hydrogen (secondary N) is 1. The van der Waals surface area contributed by atoms with E-state index in [0.717, 1.165) is 0 Å². The topological polar surface area (TPSA) is 110 Å². The van der Waals surface area contributed by atoms with Crippen molar-refractivity contribution in [3.8, 4) is 17.1 Å². The average molecular weight is 475 g/mol. The van der Waals surface area contributed by atoms with Crippen LogP contribution in [0.1, 0.15) is 21.8 Å². The molecule has 1 aromatic carbocycles. The summed E-state index contributed by atoms with van der Waals surface area (Å²) in [7, 11) is 3.33. The molecule has 1 fully saturated rings. The third-order valence-corrected chi connectivity index (χ3v) is 6.49. The number of rotatable bonds is 5. The number of nitrogens with zero attached hydrogens (tertiary/aromatic N) is 5. The molecule has 2 amide bonds. The molecule has 0 aliphatic carbocycles. The molecular formula is C25H26N6O4. The molecule has 180 valence electrons. The second kappa shape index (κ2) is 9.21. The number of ketones is 1. The van der Waals surface area contributed by atoms with Crippen molar-refractivity contribution in [3.63, 3.8) is 0 Å². The molecule has 10 nitrogen and oxygen atoms in total. The van der Waals surface area contributed by atoms with Gasteiger partial charge < -0.3 is 19.9 Å². The summed E-state index contributed by atoms with van der Waals surface area (Å²) in [5.41, 5.74) is 3.17. The van der Waals surface area contributed by atoms with Crippen LogP contribution >= 0.6 is 0 Å². The summed E-state index contributed by atoms with van der Waals surface area (Å²) in [6.07, 6.45) is 3.38. The molecule has 5 rings (SSSR count). The third-order valence-electron chi connectivity index (χ3n) is 6.49. The number of hydrogen-bond acceptors (Lipinski definition) is 7. The van der Waals surface area contributed by atoms with Gasteiger partial charge in [-0.2, -0.15) is 5.10 Å². The molecule has 0 spiro atoms. The van der Waals surface area contributed by atoms with E-state index in [1.807, 2.05) is 37.5 Å². The van der Waals surface area contributed by atoms with E-state index >= 15 is 0 Å². The number of benzene rings is 1. The number of carbonyl (C=O) groups is 3. The Labute approximate surface area is 202 Å². The minimum Gasteiger partial charge on any atom is -0.495 e. The Kier molecular flexibility index (Phi) is 5.94. The van der Waals surface area contributed by atoms with E-state index in [9.17, 15) is 14.4 Å². The molecule has 0 bridgehead atoms. The number of pyridine rings is 1. The number of carbonyl (C=O) groups excluding carboxylic acids is 3. The van der Waals surface area contributed by atoms with Crippen LogP contribution in [0.15, 0.2) is 48.8 Å². The van der Waals surface area contributed by atoms with Crippen molar-refractivity contribution in [2.45, 2.75) is 5.92 Å². The molecule has 0 radical (unpaired) electrons. The molecule has 1 saturated heterocycles. The Morgan fingerprint density at radius 2 is 1.74 bits per heavy atom. The van der Waals surface area contributed by atoms with Gasteiger partial charge in [0.1, 0.15) is 17.1 Å². The van der Waals surface area contributed by atoms with Crippen LogP contribution in [0.25, 0.3) is 11.4 Å². The van der Waals surface area contributed by atoms with Gasteiger partial charge in [0.15, 0.2) is 0 Å². The number of fused-ring (bicyclic) bond motifs is 1. The van der Waals surface area contributed by atoms with E-state index in [4.69, 9.17) is 4.74 Å². The normalized spacial score (nSPS) is 17.0. The highest BCUT2D eigenvalue weighted by molar-refractivity contribution is 6.38. The second-order valence-corrected chi connectivity index (χ2v) is 8.59. The van der Waals surface area contributed by atoms with E-state index in [-0.39, 0.29) is 12.5 Å². The van der Waals surface area contributed by atoms with E-state index in [0.29, 0.717) is 60.1 Å². The van der Waals surface area contributed by atoms with Crippen molar-refractivity contribution >= 4 is 23.3 Å². The number of Topliss-reactive ketones (excluding diaryl/α,β-unsaturated/α-hetero) is 1. The van der Waals surface area contributed by atoms with Gasteiger partial charge in [-0.15, -0.1) is 0 Å². The largest absolute Gasteiger partial charge is 0.495 e. The zero-order valence-electron chi connectivity index (χ0n) is 19.6. The van der Waals surface area contributed by atoms with Crippen LogP contribution in [0.3, 0.4) is 0 Å². The Balaban J connectivity index is 1.32. The summed E-state index contributed by atoms with van der Waals surface area (Å²) >= 11 is 0. The van der Waals surface area contributed by atoms with E-state index in [1.54, 1.807) is 27.9 Å². The summed E-state index contributed by atoms with van der Waals surface area (Å²) in [6, 6.07) is 10.9. The summed E-state index contributed by atoms with van der Waals surface area (Å²) in [4.78, 5) is 46.9. The number of aryl methyl sites for hydroxylation is 1. The maximum absolute atomic E-state index is 13.4. The highest BCUT2D eigenvalue weighted by atomic mass is 16.5. The number of aromatic nitrogens is 3. The standard InChI is InChI=1S/C25H26N6O4/c1-29-9-8-18(28-29)21-22-20(19(35-2)15-27-21)17(14-26-22)23(32)25(34)31-12-10-30(11-13-31)24(33)16-6-4-3-5-7-16/h3-9,15,17,26H,10-14H2,1-2H3. The minimum atomic E-state index is -0.693. The molecule has 10 heteroatoms. The molecule has 2 aromatic heterocycles. The maximum atomic E-state index is 13.4. The number of methoxy groups -OCH3 is 1.